The van der Waals surface area contributed by atoms with Gasteiger partial charge in [0.2, 0.25) is 5.88 Å². The van der Waals surface area contributed by atoms with Crippen LogP contribution in [0.15, 0.2) is 60.9 Å². The number of nitrogens with zero attached hydrogens (tertiary/aromatic N) is 7. The van der Waals surface area contributed by atoms with Crippen LogP contribution < -0.4 is 10.1 Å². The lowest BCUT2D eigenvalue weighted by molar-refractivity contribution is 0.394. The predicted octanol–water partition coefficient (Wildman–Crippen LogP) is 3.77. The van der Waals surface area contributed by atoms with Crippen molar-refractivity contribution < 1.29 is 4.74 Å². The molecule has 4 heterocycles. The van der Waals surface area contributed by atoms with Gasteiger partial charge in [0.25, 0.3) is 0 Å². The molecule has 0 amide bonds. The van der Waals surface area contributed by atoms with Crippen LogP contribution in [0.5, 0.6) is 5.88 Å². The normalized spacial score (nSPS) is 11.1. The molecule has 0 aliphatic heterocycles. The zero-order valence-electron chi connectivity index (χ0n) is 17.3. The van der Waals surface area contributed by atoms with Crippen LogP contribution in [0.2, 0.25) is 0 Å². The van der Waals surface area contributed by atoms with Crippen molar-refractivity contribution in [1.82, 2.24) is 34.5 Å². The van der Waals surface area contributed by atoms with Crippen molar-refractivity contribution in [3.63, 3.8) is 0 Å². The molecule has 9 nitrogen and oxygen atoms in total. The molecular formula is C22H20N8O. The van der Waals surface area contributed by atoms with Gasteiger partial charge in [-0.15, -0.1) is 10.2 Å². The molecule has 0 aliphatic carbocycles. The summed E-state index contributed by atoms with van der Waals surface area (Å²) in [5.41, 5.74) is 4.48. The van der Waals surface area contributed by atoms with E-state index in [4.69, 9.17) is 9.72 Å². The quantitative estimate of drug-likeness (QED) is 0.469. The highest BCUT2D eigenvalue weighted by molar-refractivity contribution is 5.81. The predicted molar refractivity (Wildman–Crippen MR) is 117 cm³/mol. The van der Waals surface area contributed by atoms with Crippen molar-refractivity contribution in [2.45, 2.75) is 13.8 Å². The third kappa shape index (κ3) is 3.57. The summed E-state index contributed by atoms with van der Waals surface area (Å²) in [6, 6.07) is 17.4. The molecule has 0 fully saturated rings. The number of aryl methyl sites for hydroxylation is 2. The Balaban J connectivity index is 1.48. The second kappa shape index (κ2) is 7.52. The van der Waals surface area contributed by atoms with Gasteiger partial charge in [-0.2, -0.15) is 5.10 Å². The van der Waals surface area contributed by atoms with Gasteiger partial charge in [0.1, 0.15) is 12.1 Å². The van der Waals surface area contributed by atoms with Crippen LogP contribution in [-0.4, -0.2) is 41.6 Å². The first-order valence-corrected chi connectivity index (χ1v) is 9.73. The first-order valence-electron chi connectivity index (χ1n) is 9.73. The highest BCUT2D eigenvalue weighted by Gasteiger charge is 2.11. The molecule has 31 heavy (non-hydrogen) atoms. The van der Waals surface area contributed by atoms with E-state index >= 15 is 0 Å². The first kappa shape index (κ1) is 18.7. The Bertz CT molecular complexity index is 1370. The molecule has 1 aromatic carbocycles. The molecule has 0 saturated carbocycles. The molecule has 0 spiro atoms. The number of aromatic nitrogens is 7. The van der Waals surface area contributed by atoms with Crippen molar-refractivity contribution in [1.29, 1.82) is 0 Å². The minimum atomic E-state index is 0.552. The summed E-state index contributed by atoms with van der Waals surface area (Å²) in [7, 11) is 1.60. The van der Waals surface area contributed by atoms with E-state index in [0.717, 1.165) is 33.9 Å². The van der Waals surface area contributed by atoms with Gasteiger partial charge in [-0.05, 0) is 56.3 Å². The standard InChI is InChI=1S/C22H20N8O/c1-14-7-10-19(27-26-14)24-16-8-9-18-17(12-16)23-13-29(18)20-5-4-6-21(25-20)30-15(2)11-22(28-30)31-3/h4-13H,1-3H3,(H,24,27). The van der Waals surface area contributed by atoms with E-state index in [2.05, 4.69) is 25.6 Å². The maximum absolute atomic E-state index is 5.23. The molecule has 5 rings (SSSR count). The zero-order chi connectivity index (χ0) is 21.4. The molecule has 0 saturated heterocycles. The summed E-state index contributed by atoms with van der Waals surface area (Å²) in [5, 5.41) is 15.9. The number of methoxy groups -OCH3 is 1. The van der Waals surface area contributed by atoms with E-state index in [1.54, 1.807) is 18.1 Å². The third-order valence-electron chi connectivity index (χ3n) is 4.88. The molecule has 1 N–H and O–H groups in total. The van der Waals surface area contributed by atoms with Crippen LogP contribution >= 0.6 is 0 Å². The van der Waals surface area contributed by atoms with E-state index in [-0.39, 0.29) is 0 Å². The summed E-state index contributed by atoms with van der Waals surface area (Å²) < 4.78 is 8.93. The Morgan fingerprint density at radius 2 is 1.81 bits per heavy atom. The Hall–Kier alpha value is -4.27. The molecule has 0 unspecified atom stereocenters. The minimum Gasteiger partial charge on any atom is -0.480 e. The lowest BCUT2D eigenvalue weighted by Gasteiger charge is -2.08. The molecule has 154 valence electrons. The molecular weight excluding hydrogens is 392 g/mol. The number of rotatable bonds is 5. The van der Waals surface area contributed by atoms with E-state index in [1.807, 2.05) is 73.0 Å². The lowest BCUT2D eigenvalue weighted by Crippen LogP contribution is -2.05. The van der Waals surface area contributed by atoms with Crippen molar-refractivity contribution >= 4 is 22.5 Å². The molecule has 0 aliphatic rings. The number of pyridine rings is 1. The van der Waals surface area contributed by atoms with Crippen LogP contribution in [0.25, 0.3) is 22.7 Å². The number of fused-ring (bicyclic) bond motifs is 1. The largest absolute Gasteiger partial charge is 0.480 e. The highest BCUT2D eigenvalue weighted by atomic mass is 16.5. The van der Waals surface area contributed by atoms with Gasteiger partial charge in [0, 0.05) is 17.4 Å². The Labute approximate surface area is 178 Å². The topological polar surface area (TPSA) is 95.6 Å². The van der Waals surface area contributed by atoms with Crippen LogP contribution in [0.3, 0.4) is 0 Å². The van der Waals surface area contributed by atoms with E-state index < -0.39 is 0 Å². The van der Waals surface area contributed by atoms with Gasteiger partial charge in [0.15, 0.2) is 11.6 Å². The van der Waals surface area contributed by atoms with Crippen molar-refractivity contribution in [3.05, 3.63) is 72.3 Å². The summed E-state index contributed by atoms with van der Waals surface area (Å²) in [6.45, 7) is 3.87. The molecule has 0 atom stereocenters. The fourth-order valence-corrected chi connectivity index (χ4v) is 3.33. The molecule has 0 radical (unpaired) electrons. The molecule has 5 aromatic rings. The number of hydrogen-bond acceptors (Lipinski definition) is 7. The molecule has 4 aromatic heterocycles. The van der Waals surface area contributed by atoms with E-state index in [1.165, 1.54) is 0 Å². The number of nitrogens with one attached hydrogen (secondary N) is 1. The van der Waals surface area contributed by atoms with Crippen molar-refractivity contribution in [2.24, 2.45) is 0 Å². The van der Waals surface area contributed by atoms with Crippen molar-refractivity contribution in [2.75, 3.05) is 12.4 Å². The Kier molecular flexibility index (Phi) is 4.55. The van der Waals surface area contributed by atoms with Gasteiger partial charge in [-0.1, -0.05) is 6.07 Å². The molecule has 9 heteroatoms. The average molecular weight is 412 g/mol. The second-order valence-electron chi connectivity index (χ2n) is 7.10. The maximum Gasteiger partial charge on any atom is 0.233 e. The Morgan fingerprint density at radius 3 is 2.58 bits per heavy atom. The van der Waals surface area contributed by atoms with Gasteiger partial charge >= 0.3 is 0 Å². The fraction of sp³-hybridized carbons (Fsp3) is 0.136. The summed E-state index contributed by atoms with van der Waals surface area (Å²) in [4.78, 5) is 9.33. The number of hydrogen-bond donors (Lipinski definition) is 1. The number of anilines is 2. The molecule has 0 bridgehead atoms. The lowest BCUT2D eigenvalue weighted by atomic mass is 10.2. The van der Waals surface area contributed by atoms with E-state index in [9.17, 15) is 0 Å². The average Bonchev–Trinajstić information content (AvgIpc) is 3.38. The number of ether oxygens (including phenoxy) is 1. The van der Waals surface area contributed by atoms with Crippen LogP contribution in [0.1, 0.15) is 11.4 Å². The smallest absolute Gasteiger partial charge is 0.233 e. The zero-order valence-corrected chi connectivity index (χ0v) is 17.3. The highest BCUT2D eigenvalue weighted by Crippen LogP contribution is 2.23. The van der Waals surface area contributed by atoms with Crippen LogP contribution in [0.4, 0.5) is 11.5 Å². The maximum atomic E-state index is 5.23. The van der Waals surface area contributed by atoms with E-state index in [0.29, 0.717) is 17.5 Å². The first-order chi connectivity index (χ1) is 15.1. The summed E-state index contributed by atoms with van der Waals surface area (Å²) in [5.74, 6) is 2.69. The Morgan fingerprint density at radius 1 is 0.935 bits per heavy atom. The van der Waals surface area contributed by atoms with Crippen LogP contribution in [-0.2, 0) is 0 Å². The monoisotopic (exact) mass is 412 g/mol. The summed E-state index contributed by atoms with van der Waals surface area (Å²) >= 11 is 0. The van der Waals surface area contributed by atoms with Gasteiger partial charge < -0.3 is 10.1 Å². The second-order valence-corrected chi connectivity index (χ2v) is 7.10. The van der Waals surface area contributed by atoms with Gasteiger partial charge in [0.05, 0.1) is 23.8 Å². The van der Waals surface area contributed by atoms with Gasteiger partial charge in [-0.3, -0.25) is 4.57 Å². The van der Waals surface area contributed by atoms with Crippen LogP contribution in [0, 0.1) is 13.8 Å². The fourth-order valence-electron chi connectivity index (χ4n) is 3.33. The summed E-state index contributed by atoms with van der Waals surface area (Å²) in [6.07, 6.45) is 1.77. The minimum absolute atomic E-state index is 0.552. The number of benzene rings is 1. The van der Waals surface area contributed by atoms with Gasteiger partial charge in [-0.25, -0.2) is 14.6 Å². The SMILES string of the molecule is COc1cc(C)n(-c2cccc(-n3cnc4cc(Nc5ccc(C)nn5)ccc43)n2)n1. The third-order valence-corrected chi connectivity index (χ3v) is 4.88. The van der Waals surface area contributed by atoms with Crippen molar-refractivity contribution in [3.8, 4) is 17.5 Å². The number of imidazole rings is 1.